The van der Waals surface area contributed by atoms with Crippen molar-refractivity contribution in [1.29, 1.82) is 0 Å². The van der Waals surface area contributed by atoms with Gasteiger partial charge in [0.2, 0.25) is 0 Å². The Bertz CT molecular complexity index is 326. The lowest BCUT2D eigenvalue weighted by atomic mass is 9.98. The summed E-state index contributed by atoms with van der Waals surface area (Å²) >= 11 is 0. The molecule has 3 N–H and O–H groups in total. The predicted molar refractivity (Wildman–Crippen MR) is 75.0 cm³/mol. The Kier molecular flexibility index (Phi) is 7.19. The normalized spacial score (nSPS) is 35.1. The average molecular weight is 286 g/mol. The van der Waals surface area contributed by atoms with Crippen LogP contribution in [0.1, 0.15) is 46.0 Å². The minimum Gasteiger partial charge on any atom is -0.459 e. The summed E-state index contributed by atoms with van der Waals surface area (Å²) in [7, 11) is 0. The van der Waals surface area contributed by atoms with E-state index in [1.165, 1.54) is 0 Å². The molecule has 0 spiro atoms. The molecule has 0 fully saturated rings. The van der Waals surface area contributed by atoms with Crippen LogP contribution in [0.5, 0.6) is 0 Å². The van der Waals surface area contributed by atoms with Crippen molar-refractivity contribution in [3.05, 3.63) is 12.2 Å². The lowest BCUT2D eigenvalue weighted by Gasteiger charge is -2.26. The molecule has 5 nitrogen and oxygen atoms in total. The van der Waals surface area contributed by atoms with E-state index in [4.69, 9.17) is 4.74 Å². The molecule has 1 aliphatic rings. The summed E-state index contributed by atoms with van der Waals surface area (Å²) in [6, 6.07) is 0. The van der Waals surface area contributed by atoms with E-state index in [1.807, 2.05) is 0 Å². The van der Waals surface area contributed by atoms with Crippen molar-refractivity contribution in [2.45, 2.75) is 70.4 Å². The van der Waals surface area contributed by atoms with Gasteiger partial charge in [-0.1, -0.05) is 12.2 Å². The molecule has 1 heterocycles. The highest BCUT2D eigenvalue weighted by Crippen LogP contribution is 2.19. The molecular weight excluding hydrogens is 260 g/mol. The van der Waals surface area contributed by atoms with E-state index < -0.39 is 36.3 Å². The summed E-state index contributed by atoms with van der Waals surface area (Å²) in [5.74, 6) is -1.14. The van der Waals surface area contributed by atoms with Crippen LogP contribution in [0.15, 0.2) is 12.2 Å². The average Bonchev–Trinajstić information content (AvgIpc) is 2.39. The number of cyclic esters (lactones) is 1. The minimum atomic E-state index is -0.851. The Morgan fingerprint density at radius 2 is 2.15 bits per heavy atom. The second kappa shape index (κ2) is 8.39. The molecule has 0 aliphatic carbocycles. The number of esters is 1. The molecule has 0 radical (unpaired) electrons. The van der Waals surface area contributed by atoms with Crippen LogP contribution < -0.4 is 0 Å². The number of ether oxygens (including phenoxy) is 1. The van der Waals surface area contributed by atoms with Gasteiger partial charge in [0.25, 0.3) is 0 Å². The van der Waals surface area contributed by atoms with Crippen molar-refractivity contribution in [3.63, 3.8) is 0 Å². The highest BCUT2D eigenvalue weighted by molar-refractivity contribution is 5.73. The Hall–Kier alpha value is -0.910. The van der Waals surface area contributed by atoms with Gasteiger partial charge in [-0.3, -0.25) is 4.79 Å². The molecule has 1 aliphatic heterocycles. The number of carbonyl (C=O) groups is 1. The van der Waals surface area contributed by atoms with E-state index in [0.29, 0.717) is 32.1 Å². The Morgan fingerprint density at radius 3 is 2.80 bits per heavy atom. The first-order valence-corrected chi connectivity index (χ1v) is 7.33. The van der Waals surface area contributed by atoms with Gasteiger partial charge in [0.05, 0.1) is 24.2 Å². The van der Waals surface area contributed by atoms with Crippen LogP contribution in [0.25, 0.3) is 0 Å². The van der Waals surface area contributed by atoms with Gasteiger partial charge in [0, 0.05) is 0 Å². The maximum Gasteiger partial charge on any atom is 0.311 e. The zero-order chi connectivity index (χ0) is 15.1. The largest absolute Gasteiger partial charge is 0.459 e. The van der Waals surface area contributed by atoms with Gasteiger partial charge in [0.15, 0.2) is 0 Å². The second-order valence-corrected chi connectivity index (χ2v) is 5.61. The van der Waals surface area contributed by atoms with Crippen molar-refractivity contribution >= 4 is 5.97 Å². The highest BCUT2D eigenvalue weighted by atomic mass is 16.6. The molecule has 0 aromatic carbocycles. The van der Waals surface area contributed by atoms with Gasteiger partial charge in [-0.2, -0.15) is 0 Å². The van der Waals surface area contributed by atoms with Gasteiger partial charge < -0.3 is 20.1 Å². The molecule has 0 saturated heterocycles. The third-order valence-electron chi connectivity index (χ3n) is 3.65. The van der Waals surface area contributed by atoms with Crippen molar-refractivity contribution in [1.82, 2.24) is 0 Å². The second-order valence-electron chi connectivity index (χ2n) is 5.61. The third-order valence-corrected chi connectivity index (χ3v) is 3.65. The van der Waals surface area contributed by atoms with E-state index in [1.54, 1.807) is 26.0 Å². The summed E-state index contributed by atoms with van der Waals surface area (Å²) < 4.78 is 5.34. The molecular formula is C15H26O5. The summed E-state index contributed by atoms with van der Waals surface area (Å²) in [6.45, 7) is 3.32. The number of aliphatic hydroxyl groups is 3. The third kappa shape index (κ3) is 5.61. The molecule has 1 rings (SSSR count). The topological polar surface area (TPSA) is 87.0 Å². The molecule has 5 atom stereocenters. The van der Waals surface area contributed by atoms with Crippen molar-refractivity contribution in [2.24, 2.45) is 5.92 Å². The Labute approximate surface area is 120 Å². The first-order valence-electron chi connectivity index (χ1n) is 7.33. The number of hydrogen-bond acceptors (Lipinski definition) is 5. The summed E-state index contributed by atoms with van der Waals surface area (Å²) in [5.41, 5.74) is 0. The van der Waals surface area contributed by atoms with E-state index in [-0.39, 0.29) is 0 Å². The van der Waals surface area contributed by atoms with Crippen LogP contribution in [-0.4, -0.2) is 45.7 Å². The number of aliphatic hydroxyl groups excluding tert-OH is 3. The molecule has 5 heteroatoms. The molecule has 0 aromatic rings. The van der Waals surface area contributed by atoms with Gasteiger partial charge in [0.1, 0.15) is 6.10 Å². The van der Waals surface area contributed by atoms with Gasteiger partial charge in [-0.15, -0.1) is 0 Å². The maximum atomic E-state index is 11.9. The Balaban J connectivity index is 2.65. The molecule has 116 valence electrons. The van der Waals surface area contributed by atoms with Crippen molar-refractivity contribution in [3.8, 4) is 0 Å². The van der Waals surface area contributed by atoms with Gasteiger partial charge in [-0.05, 0) is 46.0 Å². The van der Waals surface area contributed by atoms with Crippen LogP contribution in [0.3, 0.4) is 0 Å². The van der Waals surface area contributed by atoms with Crippen LogP contribution in [-0.2, 0) is 9.53 Å². The highest BCUT2D eigenvalue weighted by Gasteiger charge is 2.29. The first kappa shape index (κ1) is 17.1. The van der Waals surface area contributed by atoms with Gasteiger partial charge in [-0.25, -0.2) is 0 Å². The van der Waals surface area contributed by atoms with E-state index in [9.17, 15) is 20.1 Å². The fourth-order valence-electron chi connectivity index (χ4n) is 2.20. The molecule has 0 bridgehead atoms. The lowest BCUT2D eigenvalue weighted by Crippen LogP contribution is -2.36. The van der Waals surface area contributed by atoms with Crippen LogP contribution in [0, 0.1) is 5.92 Å². The quantitative estimate of drug-likeness (QED) is 0.533. The van der Waals surface area contributed by atoms with Crippen molar-refractivity contribution in [2.75, 3.05) is 0 Å². The monoisotopic (exact) mass is 286 g/mol. The first-order chi connectivity index (χ1) is 9.41. The molecule has 0 aromatic heterocycles. The molecule has 0 amide bonds. The van der Waals surface area contributed by atoms with E-state index >= 15 is 0 Å². The molecule has 20 heavy (non-hydrogen) atoms. The van der Waals surface area contributed by atoms with Crippen molar-refractivity contribution < 1.29 is 24.9 Å². The number of carbonyl (C=O) groups excluding carboxylic acids is 1. The zero-order valence-corrected chi connectivity index (χ0v) is 12.2. The fourth-order valence-corrected chi connectivity index (χ4v) is 2.20. The smallest absolute Gasteiger partial charge is 0.311 e. The number of hydrogen-bond donors (Lipinski definition) is 3. The summed E-state index contributed by atoms with van der Waals surface area (Å²) in [4.78, 5) is 11.9. The SMILES string of the molecule is C[C@H](O)CCC[C@H]1OC(=O)[C@H](C)[C@H](O)/C=C/CC[C@@H]1O. The fraction of sp³-hybridized carbons (Fsp3) is 0.800. The van der Waals surface area contributed by atoms with E-state index in [2.05, 4.69) is 0 Å². The zero-order valence-electron chi connectivity index (χ0n) is 12.2. The summed E-state index contributed by atoms with van der Waals surface area (Å²) in [6.07, 6.45) is 3.77. The Morgan fingerprint density at radius 1 is 1.45 bits per heavy atom. The predicted octanol–water partition coefficient (Wildman–Crippen LogP) is 1.16. The lowest BCUT2D eigenvalue weighted by molar-refractivity contribution is -0.163. The van der Waals surface area contributed by atoms with Crippen LogP contribution in [0.4, 0.5) is 0 Å². The number of rotatable bonds is 4. The van der Waals surface area contributed by atoms with Gasteiger partial charge >= 0.3 is 5.97 Å². The minimum absolute atomic E-state index is 0.397. The maximum absolute atomic E-state index is 11.9. The van der Waals surface area contributed by atoms with Crippen LogP contribution >= 0.6 is 0 Å². The van der Waals surface area contributed by atoms with Crippen LogP contribution in [0.2, 0.25) is 0 Å². The summed E-state index contributed by atoms with van der Waals surface area (Å²) in [5, 5.41) is 29.1. The molecule has 0 saturated carbocycles. The number of allylic oxidation sites excluding steroid dienone is 1. The molecule has 0 unspecified atom stereocenters. The standard InChI is InChI=1S/C15H26O5/c1-10(16)6-5-9-14-13(18)8-4-3-7-12(17)11(2)15(19)20-14/h3,7,10-14,16-18H,4-6,8-9H2,1-2H3/b7-3+/t10-,11+,12+,13-,14+/m0/s1. The van der Waals surface area contributed by atoms with E-state index in [0.717, 1.165) is 0 Å².